The molecule has 1 rings (SSSR count). The van der Waals surface area contributed by atoms with Crippen molar-refractivity contribution in [2.24, 2.45) is 0 Å². The third kappa shape index (κ3) is 1.88. The summed E-state index contributed by atoms with van der Waals surface area (Å²) in [5.74, 6) is -0.0453. The van der Waals surface area contributed by atoms with E-state index in [-0.39, 0.29) is 10.6 Å². The van der Waals surface area contributed by atoms with Gasteiger partial charge in [0, 0.05) is 20.2 Å². The molecule has 0 aliphatic rings. The van der Waals surface area contributed by atoms with Crippen molar-refractivity contribution in [2.45, 2.75) is 11.8 Å². The number of benzene rings is 1. The van der Waals surface area contributed by atoms with Crippen LogP contribution in [0.5, 0.6) is 5.75 Å². The predicted octanol–water partition coefficient (Wildman–Crippen LogP) is 0.951. The first-order valence-electron chi connectivity index (χ1n) is 4.08. The van der Waals surface area contributed by atoms with Crippen molar-refractivity contribution in [1.29, 1.82) is 0 Å². The number of rotatable bonds is 2. The number of phenolic OH excluding ortho intramolecular Hbond substituents is 1. The third-order valence-corrected chi connectivity index (χ3v) is 3.89. The van der Waals surface area contributed by atoms with E-state index in [0.717, 1.165) is 4.31 Å². The number of aryl methyl sites for hydroxylation is 1. The van der Waals surface area contributed by atoms with Gasteiger partial charge in [-0.25, -0.2) is 12.7 Å². The van der Waals surface area contributed by atoms with Crippen molar-refractivity contribution in [3.8, 4) is 5.75 Å². The number of hydrogen-bond acceptors (Lipinski definition) is 3. The van der Waals surface area contributed by atoms with Crippen molar-refractivity contribution in [3.05, 3.63) is 23.8 Å². The Labute approximate surface area is 83.8 Å². The number of nitrogens with zero attached hydrogens (tertiary/aromatic N) is 1. The highest BCUT2D eigenvalue weighted by Crippen LogP contribution is 2.22. The Balaban J connectivity index is 3.40. The Morgan fingerprint density at radius 3 is 2.36 bits per heavy atom. The van der Waals surface area contributed by atoms with Crippen LogP contribution < -0.4 is 0 Å². The number of sulfonamides is 1. The smallest absolute Gasteiger partial charge is 0.242 e. The van der Waals surface area contributed by atoms with E-state index < -0.39 is 10.0 Å². The summed E-state index contributed by atoms with van der Waals surface area (Å²) in [6.07, 6.45) is 0. The van der Waals surface area contributed by atoms with Crippen molar-refractivity contribution in [3.63, 3.8) is 0 Å². The predicted molar refractivity (Wildman–Crippen MR) is 53.7 cm³/mol. The Kier molecular flexibility index (Phi) is 2.82. The number of phenols is 1. The molecule has 0 saturated carbocycles. The van der Waals surface area contributed by atoms with E-state index in [9.17, 15) is 13.5 Å². The van der Waals surface area contributed by atoms with Crippen LogP contribution in [0.4, 0.5) is 0 Å². The molecule has 0 amide bonds. The van der Waals surface area contributed by atoms with Crippen LogP contribution in [0, 0.1) is 6.92 Å². The Hall–Kier alpha value is -1.07. The quantitative estimate of drug-likeness (QED) is 0.799. The highest BCUT2D eigenvalue weighted by Gasteiger charge is 2.19. The van der Waals surface area contributed by atoms with Crippen molar-refractivity contribution in [1.82, 2.24) is 4.31 Å². The van der Waals surface area contributed by atoms with Crippen molar-refractivity contribution < 1.29 is 13.5 Å². The highest BCUT2D eigenvalue weighted by atomic mass is 32.2. The summed E-state index contributed by atoms with van der Waals surface area (Å²) in [4.78, 5) is 0.141. The first-order chi connectivity index (χ1) is 6.35. The van der Waals surface area contributed by atoms with Crippen LogP contribution in [0.25, 0.3) is 0 Å². The normalized spacial score (nSPS) is 12.0. The molecule has 0 spiro atoms. The molecule has 0 saturated heterocycles. The summed E-state index contributed by atoms with van der Waals surface area (Å²) >= 11 is 0. The molecule has 1 aromatic rings. The van der Waals surface area contributed by atoms with E-state index in [2.05, 4.69) is 0 Å². The van der Waals surface area contributed by atoms with Gasteiger partial charge in [0.05, 0.1) is 4.90 Å². The molecule has 0 aromatic heterocycles. The minimum atomic E-state index is -3.46. The summed E-state index contributed by atoms with van der Waals surface area (Å²) in [6.45, 7) is 1.69. The molecule has 14 heavy (non-hydrogen) atoms. The second kappa shape index (κ2) is 3.59. The molecule has 1 N–H and O–H groups in total. The van der Waals surface area contributed by atoms with Crippen LogP contribution in [-0.2, 0) is 10.0 Å². The minimum Gasteiger partial charge on any atom is -0.508 e. The van der Waals surface area contributed by atoms with Gasteiger partial charge in [0.1, 0.15) is 5.75 Å². The number of aromatic hydroxyl groups is 1. The lowest BCUT2D eigenvalue weighted by atomic mass is 10.2. The van der Waals surface area contributed by atoms with Crippen LogP contribution in [-0.4, -0.2) is 31.9 Å². The molecule has 0 radical (unpaired) electrons. The van der Waals surface area contributed by atoms with Gasteiger partial charge in [0.15, 0.2) is 0 Å². The molecule has 5 heteroatoms. The van der Waals surface area contributed by atoms with Gasteiger partial charge < -0.3 is 5.11 Å². The summed E-state index contributed by atoms with van der Waals surface area (Å²) in [5.41, 5.74) is 0.622. The molecule has 0 aliphatic heterocycles. The molecular weight excluding hydrogens is 202 g/mol. The van der Waals surface area contributed by atoms with Gasteiger partial charge in [-0.1, -0.05) is 6.07 Å². The largest absolute Gasteiger partial charge is 0.508 e. The molecule has 1 aromatic carbocycles. The average Bonchev–Trinajstić information content (AvgIpc) is 2.08. The lowest BCUT2D eigenvalue weighted by molar-refractivity contribution is 0.471. The number of hydrogen-bond donors (Lipinski definition) is 1. The van der Waals surface area contributed by atoms with Gasteiger partial charge in [-0.3, -0.25) is 0 Å². The average molecular weight is 215 g/mol. The lowest BCUT2D eigenvalue weighted by Crippen LogP contribution is -2.22. The van der Waals surface area contributed by atoms with Crippen LogP contribution in [0.2, 0.25) is 0 Å². The molecule has 0 bridgehead atoms. The molecule has 0 atom stereocenters. The second-order valence-electron chi connectivity index (χ2n) is 3.24. The van der Waals surface area contributed by atoms with E-state index >= 15 is 0 Å². The van der Waals surface area contributed by atoms with Gasteiger partial charge in [-0.15, -0.1) is 0 Å². The zero-order valence-corrected chi connectivity index (χ0v) is 9.17. The van der Waals surface area contributed by atoms with Crippen LogP contribution in [0.3, 0.4) is 0 Å². The fourth-order valence-electron chi connectivity index (χ4n) is 1.06. The lowest BCUT2D eigenvalue weighted by Gasteiger charge is -2.13. The van der Waals surface area contributed by atoms with Gasteiger partial charge in [0.25, 0.3) is 0 Å². The Morgan fingerprint density at radius 2 is 1.86 bits per heavy atom. The second-order valence-corrected chi connectivity index (χ2v) is 5.36. The monoisotopic (exact) mass is 215 g/mol. The van der Waals surface area contributed by atoms with Crippen molar-refractivity contribution >= 4 is 10.0 Å². The fourth-order valence-corrected chi connectivity index (χ4v) is 2.20. The third-order valence-electron chi connectivity index (χ3n) is 1.93. The van der Waals surface area contributed by atoms with E-state index in [1.807, 2.05) is 0 Å². The van der Waals surface area contributed by atoms with Gasteiger partial charge in [-0.05, 0) is 18.6 Å². The first-order valence-corrected chi connectivity index (χ1v) is 5.52. The van der Waals surface area contributed by atoms with E-state index in [1.54, 1.807) is 13.0 Å². The highest BCUT2D eigenvalue weighted by molar-refractivity contribution is 7.89. The van der Waals surface area contributed by atoms with Gasteiger partial charge in [0.2, 0.25) is 10.0 Å². The Morgan fingerprint density at radius 1 is 1.29 bits per heavy atom. The van der Waals surface area contributed by atoms with E-state index in [1.165, 1.54) is 26.2 Å². The van der Waals surface area contributed by atoms with E-state index in [0.29, 0.717) is 5.56 Å². The summed E-state index contributed by atoms with van der Waals surface area (Å²) < 4.78 is 24.6. The van der Waals surface area contributed by atoms with E-state index in [4.69, 9.17) is 0 Å². The molecule has 0 fully saturated rings. The van der Waals surface area contributed by atoms with Crippen LogP contribution >= 0.6 is 0 Å². The van der Waals surface area contributed by atoms with Gasteiger partial charge in [-0.2, -0.15) is 0 Å². The molecule has 78 valence electrons. The molecule has 0 heterocycles. The first kappa shape index (κ1) is 11.0. The maximum Gasteiger partial charge on any atom is 0.242 e. The maximum atomic E-state index is 11.7. The molecule has 4 nitrogen and oxygen atoms in total. The maximum absolute atomic E-state index is 11.7. The topological polar surface area (TPSA) is 57.6 Å². The molecular formula is C9H13NO3S. The minimum absolute atomic E-state index is 0.0453. The van der Waals surface area contributed by atoms with Crippen LogP contribution in [0.15, 0.2) is 23.1 Å². The standard InChI is InChI=1S/C9H13NO3S/c1-7-4-5-8(11)6-9(7)14(12,13)10(2)3/h4-6,11H,1-3H3. The Bertz CT molecular complexity index is 437. The van der Waals surface area contributed by atoms with Gasteiger partial charge >= 0.3 is 0 Å². The van der Waals surface area contributed by atoms with Crippen molar-refractivity contribution in [2.75, 3.05) is 14.1 Å². The molecule has 0 aliphatic carbocycles. The SMILES string of the molecule is Cc1ccc(O)cc1S(=O)(=O)N(C)C. The summed E-state index contributed by atoms with van der Waals surface area (Å²) in [5, 5.41) is 9.20. The zero-order valence-electron chi connectivity index (χ0n) is 8.35. The van der Waals surface area contributed by atoms with Crippen LogP contribution in [0.1, 0.15) is 5.56 Å². The summed E-state index contributed by atoms with van der Waals surface area (Å²) in [7, 11) is -0.542. The summed E-state index contributed by atoms with van der Waals surface area (Å²) in [6, 6.07) is 4.29. The fraction of sp³-hybridized carbons (Fsp3) is 0.333. The molecule has 0 unspecified atom stereocenters. The zero-order chi connectivity index (χ0) is 10.9.